The second-order valence-corrected chi connectivity index (χ2v) is 11.6. The van der Waals surface area contributed by atoms with Crippen LogP contribution in [0.2, 0.25) is 0 Å². The highest BCUT2D eigenvalue weighted by Gasteiger charge is 2.30. The van der Waals surface area contributed by atoms with Crippen molar-refractivity contribution < 1.29 is 21.6 Å². The molecule has 1 aliphatic heterocycles. The van der Waals surface area contributed by atoms with E-state index < -0.39 is 26.0 Å². The van der Waals surface area contributed by atoms with Gasteiger partial charge >= 0.3 is 0 Å². The Kier molecular flexibility index (Phi) is 7.25. The molecule has 0 saturated carbocycles. The summed E-state index contributed by atoms with van der Waals surface area (Å²) in [5.41, 5.74) is 1.58. The lowest BCUT2D eigenvalue weighted by Gasteiger charge is -2.30. The Hall–Kier alpha value is -2.76. The van der Waals surface area contributed by atoms with Gasteiger partial charge in [-0.25, -0.2) is 13.1 Å². The fourth-order valence-electron chi connectivity index (χ4n) is 3.39. The van der Waals surface area contributed by atoms with Gasteiger partial charge in [0.2, 0.25) is 10.0 Å². The normalized spacial score (nSPS) is 15.2. The fraction of sp³-hybridized carbons (Fsp3) is 0.364. The molecule has 2 aromatic carbocycles. The number of sulfonamides is 2. The third-order valence-electron chi connectivity index (χ3n) is 5.02. The molecule has 3 rings (SSSR count). The molecule has 33 heavy (non-hydrogen) atoms. The number of hydrogen-bond donors (Lipinski definition) is 2. The Morgan fingerprint density at radius 1 is 1.06 bits per heavy atom. The number of nitrogens with one attached hydrogen (secondary N) is 2. The van der Waals surface area contributed by atoms with E-state index in [1.54, 1.807) is 31.2 Å². The second kappa shape index (κ2) is 9.62. The van der Waals surface area contributed by atoms with Crippen molar-refractivity contribution in [3.63, 3.8) is 0 Å². The number of hydrogen-bond acceptors (Lipinski definition) is 6. The van der Waals surface area contributed by atoms with E-state index in [9.17, 15) is 21.6 Å². The molecular weight excluding hydrogens is 464 g/mol. The number of carbonyl (C=O) groups is 1. The highest BCUT2D eigenvalue weighted by atomic mass is 32.2. The molecule has 0 radical (unpaired) electrons. The molecule has 0 aliphatic carbocycles. The van der Waals surface area contributed by atoms with E-state index >= 15 is 0 Å². The molecule has 0 atom stereocenters. The molecule has 178 valence electrons. The molecule has 1 amide bonds. The first-order valence-electron chi connectivity index (χ1n) is 10.5. The van der Waals surface area contributed by atoms with Gasteiger partial charge in [0.05, 0.1) is 10.6 Å². The van der Waals surface area contributed by atoms with E-state index in [1.807, 2.05) is 25.7 Å². The zero-order chi connectivity index (χ0) is 24.4. The zero-order valence-electron chi connectivity index (χ0n) is 19.0. The number of amides is 1. The van der Waals surface area contributed by atoms with Crippen molar-refractivity contribution in [2.24, 2.45) is 10.3 Å². The monoisotopic (exact) mass is 492 g/mol. The Morgan fingerprint density at radius 2 is 1.73 bits per heavy atom. The van der Waals surface area contributed by atoms with Crippen LogP contribution in [0.25, 0.3) is 0 Å². The maximum atomic E-state index is 12.6. The van der Waals surface area contributed by atoms with Crippen molar-refractivity contribution in [1.82, 2.24) is 10.0 Å². The number of rotatable bonds is 8. The lowest BCUT2D eigenvalue weighted by Crippen LogP contribution is -2.37. The number of aryl methyl sites for hydroxylation is 1. The van der Waals surface area contributed by atoms with Crippen LogP contribution in [0.5, 0.6) is 0 Å². The van der Waals surface area contributed by atoms with E-state index in [0.717, 1.165) is 5.56 Å². The van der Waals surface area contributed by atoms with Crippen LogP contribution in [0, 0.1) is 12.8 Å². The lowest BCUT2D eigenvalue weighted by atomic mass is 10.1. The largest absolute Gasteiger partial charge is 0.351 e. The average Bonchev–Trinajstić information content (AvgIpc) is 2.73. The van der Waals surface area contributed by atoms with Gasteiger partial charge in [-0.2, -0.15) is 8.42 Å². The van der Waals surface area contributed by atoms with Gasteiger partial charge in [0.25, 0.3) is 15.9 Å². The number of anilines is 1. The van der Waals surface area contributed by atoms with E-state index in [4.69, 9.17) is 0 Å². The number of nitrogens with zero attached hydrogens (tertiary/aromatic N) is 2. The summed E-state index contributed by atoms with van der Waals surface area (Å²) in [6, 6.07) is 10.9. The van der Waals surface area contributed by atoms with E-state index in [2.05, 4.69) is 14.4 Å². The summed E-state index contributed by atoms with van der Waals surface area (Å²) >= 11 is 0. The highest BCUT2D eigenvalue weighted by Crippen LogP contribution is 2.33. The van der Waals surface area contributed by atoms with Gasteiger partial charge < -0.3 is 10.2 Å². The topological polar surface area (TPSA) is 125 Å². The van der Waals surface area contributed by atoms with E-state index in [1.165, 1.54) is 18.2 Å². The van der Waals surface area contributed by atoms with Crippen LogP contribution in [0.15, 0.2) is 56.7 Å². The van der Waals surface area contributed by atoms with Crippen molar-refractivity contribution in [2.45, 2.75) is 37.5 Å². The Balaban J connectivity index is 1.68. The van der Waals surface area contributed by atoms with Crippen LogP contribution in [-0.4, -0.2) is 48.2 Å². The minimum absolute atomic E-state index is 0.0170. The third kappa shape index (κ3) is 5.79. The fourth-order valence-corrected chi connectivity index (χ4v) is 5.69. The third-order valence-corrected chi connectivity index (χ3v) is 7.88. The lowest BCUT2D eigenvalue weighted by molar-refractivity contribution is 0.0954. The molecule has 0 bridgehead atoms. The first kappa shape index (κ1) is 24.9. The molecule has 2 aromatic rings. The number of fused-ring (bicyclic) bond motifs is 1. The molecule has 0 saturated heterocycles. The predicted molar refractivity (Wildman–Crippen MR) is 128 cm³/mol. The summed E-state index contributed by atoms with van der Waals surface area (Å²) in [7, 11) is -7.61. The maximum absolute atomic E-state index is 12.6. The second-order valence-electron chi connectivity index (χ2n) is 8.27. The van der Waals surface area contributed by atoms with Gasteiger partial charge in [-0.15, -0.1) is 4.40 Å². The van der Waals surface area contributed by atoms with Crippen molar-refractivity contribution in [3.05, 3.63) is 53.6 Å². The summed E-state index contributed by atoms with van der Waals surface area (Å²) in [5, 5.41) is 2.61. The molecule has 11 heteroatoms. The van der Waals surface area contributed by atoms with Crippen LogP contribution in [0.3, 0.4) is 0 Å². The van der Waals surface area contributed by atoms with Gasteiger partial charge in [0.15, 0.2) is 0 Å². The van der Waals surface area contributed by atoms with Crippen LogP contribution in [0.4, 0.5) is 5.69 Å². The first-order valence-corrected chi connectivity index (χ1v) is 13.4. The van der Waals surface area contributed by atoms with Crippen LogP contribution in [-0.2, 0) is 20.0 Å². The smallest absolute Gasteiger partial charge is 0.286 e. The zero-order valence-corrected chi connectivity index (χ0v) is 20.6. The van der Waals surface area contributed by atoms with E-state index in [-0.39, 0.29) is 34.4 Å². The van der Waals surface area contributed by atoms with Crippen molar-refractivity contribution in [3.8, 4) is 0 Å². The minimum atomic E-state index is -3.92. The maximum Gasteiger partial charge on any atom is 0.286 e. The van der Waals surface area contributed by atoms with Crippen molar-refractivity contribution in [1.29, 1.82) is 0 Å². The van der Waals surface area contributed by atoms with Crippen molar-refractivity contribution in [2.75, 3.05) is 24.5 Å². The Bertz CT molecular complexity index is 1280. The van der Waals surface area contributed by atoms with Gasteiger partial charge in [0, 0.05) is 25.2 Å². The summed E-state index contributed by atoms with van der Waals surface area (Å²) in [6.07, 6.45) is 0. The highest BCUT2D eigenvalue weighted by molar-refractivity contribution is 7.90. The molecule has 0 spiro atoms. The van der Waals surface area contributed by atoms with Crippen LogP contribution in [0.1, 0.15) is 36.7 Å². The average molecular weight is 493 g/mol. The molecule has 0 fully saturated rings. The molecule has 1 aliphatic rings. The standard InChI is InChI=1S/C22H28N4O5S2/c1-15(2)14-26-17(4)25-33(30,31)21-13-18(7-10-20(21)26)22(27)23-11-12-24-32(28,29)19-8-5-16(3)6-9-19/h5-10,13,15,24H,11-12,14H2,1-4H3,(H,23,27). The number of amidine groups is 1. The number of benzene rings is 2. The molecule has 2 N–H and O–H groups in total. The Labute approximate surface area is 195 Å². The number of carbonyl (C=O) groups excluding carboxylic acids is 1. The van der Waals surface area contributed by atoms with Gasteiger partial charge in [-0.3, -0.25) is 4.79 Å². The molecule has 9 nitrogen and oxygen atoms in total. The predicted octanol–water partition coefficient (Wildman–Crippen LogP) is 2.29. The summed E-state index contributed by atoms with van der Waals surface area (Å²) in [4.78, 5) is 14.5. The van der Waals surface area contributed by atoms with Gasteiger partial charge in [-0.1, -0.05) is 31.5 Å². The van der Waals surface area contributed by atoms with Gasteiger partial charge in [-0.05, 0) is 50.1 Å². The summed E-state index contributed by atoms with van der Waals surface area (Å²) < 4.78 is 56.1. The van der Waals surface area contributed by atoms with Crippen molar-refractivity contribution >= 4 is 37.5 Å². The molecule has 1 heterocycles. The molecule has 0 unspecified atom stereocenters. The SMILES string of the molecule is CC1=NS(=O)(=O)c2cc(C(=O)NCCNS(=O)(=O)c3ccc(C)cc3)ccc2N1CC(C)C. The summed E-state index contributed by atoms with van der Waals surface area (Å²) in [6.45, 7) is 8.14. The Morgan fingerprint density at radius 3 is 2.36 bits per heavy atom. The first-order chi connectivity index (χ1) is 15.4. The van der Waals surface area contributed by atoms with E-state index in [0.29, 0.717) is 18.1 Å². The van der Waals surface area contributed by atoms with Gasteiger partial charge in [0.1, 0.15) is 10.7 Å². The van der Waals surface area contributed by atoms with Crippen LogP contribution < -0.4 is 14.9 Å². The molecule has 0 aromatic heterocycles. The van der Waals surface area contributed by atoms with Crippen LogP contribution >= 0.6 is 0 Å². The molecular formula is C22H28N4O5S2. The quantitative estimate of drug-likeness (QED) is 0.545. The summed E-state index contributed by atoms with van der Waals surface area (Å²) in [5.74, 6) is 0.147. The minimum Gasteiger partial charge on any atom is -0.351 e.